The van der Waals surface area contributed by atoms with Crippen molar-refractivity contribution in [2.45, 2.75) is 25.9 Å². The van der Waals surface area contributed by atoms with Gasteiger partial charge in [-0.25, -0.2) is 0 Å². The smallest absolute Gasteiger partial charge is 0.268 e. The number of hydrogen-bond acceptors (Lipinski definition) is 6. The lowest BCUT2D eigenvalue weighted by atomic mass is 10.1. The van der Waals surface area contributed by atoms with Crippen molar-refractivity contribution in [3.05, 3.63) is 51.8 Å². The Bertz CT molecular complexity index is 1050. The monoisotopic (exact) mass is 400 g/mol. The zero-order valence-corrected chi connectivity index (χ0v) is 16.9. The first-order valence-electron chi connectivity index (χ1n) is 9.38. The number of ether oxygens (including phenoxy) is 2. The molecule has 6 nitrogen and oxygen atoms in total. The van der Waals surface area contributed by atoms with Crippen molar-refractivity contribution in [3.63, 3.8) is 0 Å². The minimum Gasteiger partial charge on any atom is -0.508 e. The molecule has 7 heteroatoms. The van der Waals surface area contributed by atoms with E-state index in [1.165, 1.54) is 24.4 Å². The van der Waals surface area contributed by atoms with Crippen LogP contribution in [0.15, 0.2) is 35.1 Å². The zero-order valence-electron chi connectivity index (χ0n) is 16.1. The number of methoxy groups -OCH3 is 2. The Hall–Kier alpha value is -2.51. The maximum atomic E-state index is 12.8. The Morgan fingerprint density at radius 1 is 1.04 bits per heavy atom. The molecule has 3 aromatic rings. The van der Waals surface area contributed by atoms with Crippen LogP contribution in [0, 0.1) is 0 Å². The number of nitrogens with zero attached hydrogens (tertiary/aromatic N) is 2. The van der Waals surface area contributed by atoms with Crippen LogP contribution in [0.4, 0.5) is 0 Å². The molecule has 0 unspecified atom stereocenters. The molecule has 1 aliphatic heterocycles. The van der Waals surface area contributed by atoms with Crippen LogP contribution in [0.5, 0.6) is 17.2 Å². The Morgan fingerprint density at radius 3 is 2.43 bits per heavy atom. The highest BCUT2D eigenvalue weighted by atomic mass is 32.1. The van der Waals surface area contributed by atoms with Crippen molar-refractivity contribution >= 4 is 21.6 Å². The van der Waals surface area contributed by atoms with Gasteiger partial charge >= 0.3 is 0 Å². The molecule has 2 heterocycles. The molecular weight excluding hydrogens is 376 g/mol. The standard InChI is InChI=1S/C21H24N2O4S/c1-26-18-10-16-20(11-19(18)27-2)28-23(21(16)25)12-14-5-6-15(17(24)9-14)13-22-7-3-4-8-22/h5-6,9-11,24H,3-4,7-8,12-13H2,1-2H3. The fraction of sp³-hybridized carbons (Fsp3) is 0.381. The van der Waals surface area contributed by atoms with Crippen molar-refractivity contribution in [1.29, 1.82) is 0 Å². The van der Waals surface area contributed by atoms with E-state index in [2.05, 4.69) is 4.90 Å². The quantitative estimate of drug-likeness (QED) is 0.687. The molecule has 0 atom stereocenters. The van der Waals surface area contributed by atoms with Gasteiger partial charge in [-0.05, 0) is 43.6 Å². The molecule has 1 fully saturated rings. The molecule has 0 saturated carbocycles. The minimum absolute atomic E-state index is 0.0680. The second-order valence-electron chi connectivity index (χ2n) is 7.08. The van der Waals surface area contributed by atoms with Gasteiger partial charge in [0, 0.05) is 18.2 Å². The van der Waals surface area contributed by atoms with Gasteiger partial charge in [0.2, 0.25) is 0 Å². The fourth-order valence-corrected chi connectivity index (χ4v) is 4.73. The van der Waals surface area contributed by atoms with Gasteiger partial charge in [-0.2, -0.15) is 0 Å². The number of aromatic nitrogens is 1. The molecule has 2 aromatic carbocycles. The van der Waals surface area contributed by atoms with Crippen LogP contribution >= 0.6 is 11.5 Å². The SMILES string of the molecule is COc1cc2sn(Cc3ccc(CN4CCCC4)c(O)c3)c(=O)c2cc1OC. The summed E-state index contributed by atoms with van der Waals surface area (Å²) in [4.78, 5) is 15.1. The van der Waals surface area contributed by atoms with Gasteiger partial charge in [-0.3, -0.25) is 13.7 Å². The van der Waals surface area contributed by atoms with Crippen LogP contribution in [0.1, 0.15) is 24.0 Å². The van der Waals surface area contributed by atoms with E-state index in [0.29, 0.717) is 29.2 Å². The van der Waals surface area contributed by atoms with Gasteiger partial charge in [0.25, 0.3) is 5.56 Å². The number of hydrogen-bond donors (Lipinski definition) is 1. The molecule has 0 radical (unpaired) electrons. The average Bonchev–Trinajstić information content (AvgIpc) is 3.31. The van der Waals surface area contributed by atoms with Gasteiger partial charge in [0.1, 0.15) is 5.75 Å². The van der Waals surface area contributed by atoms with Gasteiger partial charge in [-0.1, -0.05) is 23.7 Å². The average molecular weight is 401 g/mol. The number of fused-ring (bicyclic) bond motifs is 1. The molecule has 4 rings (SSSR count). The third-order valence-electron chi connectivity index (χ3n) is 5.22. The van der Waals surface area contributed by atoms with E-state index in [4.69, 9.17) is 9.47 Å². The number of phenolic OH excluding ortho intramolecular Hbond substituents is 1. The summed E-state index contributed by atoms with van der Waals surface area (Å²) >= 11 is 1.38. The number of likely N-dealkylation sites (tertiary alicyclic amines) is 1. The van der Waals surface area contributed by atoms with E-state index in [1.807, 2.05) is 18.2 Å². The van der Waals surface area contributed by atoms with Crippen LogP contribution in [-0.4, -0.2) is 41.3 Å². The van der Waals surface area contributed by atoms with E-state index < -0.39 is 0 Å². The topological polar surface area (TPSA) is 63.9 Å². The molecule has 0 aliphatic carbocycles. The third-order valence-corrected chi connectivity index (χ3v) is 6.27. The fourth-order valence-electron chi connectivity index (χ4n) is 3.69. The maximum absolute atomic E-state index is 12.8. The predicted octanol–water partition coefficient (Wildman–Crippen LogP) is 3.43. The van der Waals surface area contributed by atoms with Crippen molar-refractivity contribution in [1.82, 2.24) is 8.86 Å². The molecule has 1 N–H and O–H groups in total. The Morgan fingerprint density at radius 2 is 1.75 bits per heavy atom. The first kappa shape index (κ1) is 18.8. The van der Waals surface area contributed by atoms with Crippen molar-refractivity contribution in [2.75, 3.05) is 27.3 Å². The highest BCUT2D eigenvalue weighted by molar-refractivity contribution is 7.13. The first-order chi connectivity index (χ1) is 13.6. The number of benzene rings is 2. The molecule has 1 aliphatic rings. The van der Waals surface area contributed by atoms with Crippen molar-refractivity contribution in [3.8, 4) is 17.2 Å². The largest absolute Gasteiger partial charge is 0.508 e. The molecule has 28 heavy (non-hydrogen) atoms. The van der Waals surface area contributed by atoms with Gasteiger partial charge < -0.3 is 14.6 Å². The maximum Gasteiger partial charge on any atom is 0.268 e. The highest BCUT2D eigenvalue weighted by Gasteiger charge is 2.16. The molecule has 0 bridgehead atoms. The zero-order chi connectivity index (χ0) is 19.7. The van der Waals surface area contributed by atoms with Crippen molar-refractivity contribution in [2.24, 2.45) is 0 Å². The number of rotatable bonds is 6. The molecule has 0 amide bonds. The Balaban J connectivity index is 1.60. The molecule has 148 valence electrons. The molecular formula is C21H24N2O4S. The number of phenols is 1. The normalized spacial score (nSPS) is 14.6. The van der Waals surface area contributed by atoms with Crippen LogP contribution < -0.4 is 15.0 Å². The van der Waals surface area contributed by atoms with Gasteiger partial charge in [0.05, 0.1) is 30.9 Å². The van der Waals surface area contributed by atoms with E-state index in [0.717, 1.165) is 35.5 Å². The van der Waals surface area contributed by atoms with E-state index in [1.54, 1.807) is 30.3 Å². The van der Waals surface area contributed by atoms with Crippen LogP contribution in [0.2, 0.25) is 0 Å². The van der Waals surface area contributed by atoms with E-state index >= 15 is 0 Å². The lowest BCUT2D eigenvalue weighted by Crippen LogP contribution is -2.18. The van der Waals surface area contributed by atoms with Crippen LogP contribution in [0.3, 0.4) is 0 Å². The summed E-state index contributed by atoms with van der Waals surface area (Å²) in [5.74, 6) is 1.44. The molecule has 0 spiro atoms. The lowest BCUT2D eigenvalue weighted by Gasteiger charge is -2.16. The van der Waals surface area contributed by atoms with Crippen LogP contribution in [0.25, 0.3) is 10.1 Å². The summed E-state index contributed by atoms with van der Waals surface area (Å²) < 4.78 is 13.2. The molecule has 1 saturated heterocycles. The van der Waals surface area contributed by atoms with Gasteiger partial charge in [-0.15, -0.1) is 0 Å². The Labute approximate surface area is 167 Å². The second kappa shape index (κ2) is 7.85. The van der Waals surface area contributed by atoms with Gasteiger partial charge in [0.15, 0.2) is 11.5 Å². The number of aromatic hydroxyl groups is 1. The van der Waals surface area contributed by atoms with E-state index in [9.17, 15) is 9.90 Å². The summed E-state index contributed by atoms with van der Waals surface area (Å²) in [5.41, 5.74) is 1.76. The summed E-state index contributed by atoms with van der Waals surface area (Å²) in [6.07, 6.45) is 2.45. The third kappa shape index (κ3) is 3.59. The first-order valence-corrected chi connectivity index (χ1v) is 10.2. The highest BCUT2D eigenvalue weighted by Crippen LogP contribution is 2.33. The van der Waals surface area contributed by atoms with Crippen molar-refractivity contribution < 1.29 is 14.6 Å². The second-order valence-corrected chi connectivity index (χ2v) is 8.15. The van der Waals surface area contributed by atoms with Crippen LogP contribution in [-0.2, 0) is 13.1 Å². The summed E-state index contributed by atoms with van der Waals surface area (Å²) in [6.45, 7) is 3.37. The summed E-state index contributed by atoms with van der Waals surface area (Å²) in [6, 6.07) is 9.27. The molecule has 1 aromatic heterocycles. The minimum atomic E-state index is -0.0680. The Kier molecular flexibility index (Phi) is 5.28. The van der Waals surface area contributed by atoms with E-state index in [-0.39, 0.29) is 5.56 Å². The predicted molar refractivity (Wildman–Crippen MR) is 111 cm³/mol. The summed E-state index contributed by atoms with van der Waals surface area (Å²) in [7, 11) is 3.14. The lowest BCUT2D eigenvalue weighted by molar-refractivity contribution is 0.324. The summed E-state index contributed by atoms with van der Waals surface area (Å²) in [5, 5.41) is 11.0.